The highest BCUT2D eigenvalue weighted by molar-refractivity contribution is 7.89. The van der Waals surface area contributed by atoms with E-state index in [0.717, 1.165) is 0 Å². The molecule has 0 saturated carbocycles. The van der Waals surface area contributed by atoms with E-state index in [1.165, 1.54) is 10.4 Å². The molecule has 0 aromatic heterocycles. The molecule has 3 rings (SSSR count). The zero-order valence-electron chi connectivity index (χ0n) is 15.8. The Morgan fingerprint density at radius 2 is 1.64 bits per heavy atom. The molecule has 0 bridgehead atoms. The van der Waals surface area contributed by atoms with Gasteiger partial charge in [-0.3, -0.25) is 4.79 Å². The van der Waals surface area contributed by atoms with Gasteiger partial charge in [0, 0.05) is 18.6 Å². The van der Waals surface area contributed by atoms with E-state index >= 15 is 0 Å². The third kappa shape index (κ3) is 4.61. The van der Waals surface area contributed by atoms with E-state index in [-0.39, 0.29) is 10.8 Å². The first-order valence-corrected chi connectivity index (χ1v) is 10.5. The second-order valence-electron chi connectivity index (χ2n) is 7.04. The predicted octanol–water partition coefficient (Wildman–Crippen LogP) is 3.32. The molecule has 0 spiro atoms. The number of carbonyl (C=O) groups excluding carboxylic acids is 1. The number of carbonyl (C=O) groups is 1. The Balaban J connectivity index is 1.66. The molecule has 0 radical (unpaired) electrons. The molecular weight excluding hydrogens is 376 g/mol. The summed E-state index contributed by atoms with van der Waals surface area (Å²) in [5, 5.41) is 2.89. The number of piperidine rings is 1. The molecule has 1 amide bonds. The number of nitrogens with one attached hydrogen (secondary N) is 1. The SMILES string of the molecule is C=CC(=O)NC1(C)CCN(S(=O)(=O)c2ccc(Oc3ccccc3)cc2)CC1. The van der Waals surface area contributed by atoms with Gasteiger partial charge >= 0.3 is 0 Å². The van der Waals surface area contributed by atoms with E-state index in [9.17, 15) is 13.2 Å². The van der Waals surface area contributed by atoms with Crippen LogP contribution >= 0.6 is 0 Å². The van der Waals surface area contributed by atoms with Gasteiger partial charge < -0.3 is 10.1 Å². The Kier molecular flexibility index (Phi) is 5.86. The standard InChI is InChI=1S/C21H24N2O4S/c1-3-20(24)22-21(2)13-15-23(16-14-21)28(25,26)19-11-9-18(10-12-19)27-17-7-5-4-6-8-17/h3-12H,1,13-16H2,2H3,(H,22,24). The molecule has 28 heavy (non-hydrogen) atoms. The maximum atomic E-state index is 12.9. The highest BCUT2D eigenvalue weighted by Crippen LogP contribution is 2.28. The average molecular weight is 401 g/mol. The lowest BCUT2D eigenvalue weighted by atomic mass is 9.90. The zero-order chi connectivity index (χ0) is 20.2. The highest BCUT2D eigenvalue weighted by atomic mass is 32.2. The van der Waals surface area contributed by atoms with Crippen molar-refractivity contribution in [2.75, 3.05) is 13.1 Å². The van der Waals surface area contributed by atoms with Gasteiger partial charge in [-0.1, -0.05) is 24.8 Å². The number of hydrogen-bond donors (Lipinski definition) is 1. The number of hydrogen-bond acceptors (Lipinski definition) is 4. The third-order valence-electron chi connectivity index (χ3n) is 4.88. The summed E-state index contributed by atoms with van der Waals surface area (Å²) >= 11 is 0. The van der Waals surface area contributed by atoms with E-state index in [1.807, 2.05) is 37.3 Å². The summed E-state index contributed by atoms with van der Waals surface area (Å²) in [4.78, 5) is 11.8. The van der Waals surface area contributed by atoms with Gasteiger partial charge in [0.1, 0.15) is 11.5 Å². The second kappa shape index (κ2) is 8.16. The number of rotatable bonds is 6. The van der Waals surface area contributed by atoms with Crippen molar-refractivity contribution in [2.24, 2.45) is 0 Å². The van der Waals surface area contributed by atoms with Gasteiger partial charge in [0.2, 0.25) is 15.9 Å². The molecule has 7 heteroatoms. The number of benzene rings is 2. The van der Waals surface area contributed by atoms with Crippen LogP contribution in [0.2, 0.25) is 0 Å². The Labute approximate surface area is 165 Å². The van der Waals surface area contributed by atoms with Crippen molar-refractivity contribution in [3.05, 3.63) is 67.3 Å². The van der Waals surface area contributed by atoms with Crippen molar-refractivity contribution in [1.29, 1.82) is 0 Å². The predicted molar refractivity (Wildman–Crippen MR) is 108 cm³/mol. The molecule has 0 atom stereocenters. The quantitative estimate of drug-likeness (QED) is 0.755. The number of nitrogens with zero attached hydrogens (tertiary/aromatic N) is 1. The van der Waals surface area contributed by atoms with Crippen molar-refractivity contribution in [3.63, 3.8) is 0 Å². The fourth-order valence-electron chi connectivity index (χ4n) is 3.15. The summed E-state index contributed by atoms with van der Waals surface area (Å²) in [6, 6.07) is 15.7. The van der Waals surface area contributed by atoms with Crippen LogP contribution in [-0.2, 0) is 14.8 Å². The molecule has 1 aliphatic heterocycles. The van der Waals surface area contributed by atoms with Crippen LogP contribution in [0, 0.1) is 0 Å². The van der Waals surface area contributed by atoms with Gasteiger partial charge in [-0.05, 0) is 62.2 Å². The minimum absolute atomic E-state index is 0.228. The first-order chi connectivity index (χ1) is 13.3. The van der Waals surface area contributed by atoms with Gasteiger partial charge in [-0.25, -0.2) is 8.42 Å². The van der Waals surface area contributed by atoms with Gasteiger partial charge in [0.05, 0.1) is 4.90 Å². The second-order valence-corrected chi connectivity index (χ2v) is 8.98. The van der Waals surface area contributed by atoms with E-state index in [2.05, 4.69) is 11.9 Å². The van der Waals surface area contributed by atoms with Gasteiger partial charge in [0.15, 0.2) is 0 Å². The molecule has 6 nitrogen and oxygen atoms in total. The first kappa shape index (κ1) is 20.1. The lowest BCUT2D eigenvalue weighted by molar-refractivity contribution is -0.118. The topological polar surface area (TPSA) is 75.7 Å². The van der Waals surface area contributed by atoms with Crippen LogP contribution in [0.3, 0.4) is 0 Å². The van der Waals surface area contributed by atoms with Crippen LogP contribution in [-0.4, -0.2) is 37.3 Å². The van der Waals surface area contributed by atoms with Crippen LogP contribution in [0.15, 0.2) is 72.1 Å². The summed E-state index contributed by atoms with van der Waals surface area (Å²) in [6.07, 6.45) is 2.31. The Bertz CT molecular complexity index is 932. The van der Waals surface area contributed by atoms with Crippen molar-refractivity contribution in [2.45, 2.75) is 30.2 Å². The first-order valence-electron chi connectivity index (χ1n) is 9.10. The van der Waals surface area contributed by atoms with Crippen LogP contribution in [0.4, 0.5) is 0 Å². The van der Waals surface area contributed by atoms with Crippen molar-refractivity contribution < 1.29 is 17.9 Å². The van der Waals surface area contributed by atoms with Crippen molar-refractivity contribution >= 4 is 15.9 Å². The molecular formula is C21H24N2O4S. The van der Waals surface area contributed by atoms with Crippen LogP contribution in [0.1, 0.15) is 19.8 Å². The van der Waals surface area contributed by atoms with Gasteiger partial charge in [-0.2, -0.15) is 4.31 Å². The van der Waals surface area contributed by atoms with Crippen molar-refractivity contribution in [3.8, 4) is 11.5 Å². The maximum Gasteiger partial charge on any atom is 0.243 e. The number of amides is 1. The molecule has 0 unspecified atom stereocenters. The van der Waals surface area contributed by atoms with E-state index < -0.39 is 15.6 Å². The average Bonchev–Trinajstić information content (AvgIpc) is 2.69. The minimum atomic E-state index is -3.59. The van der Waals surface area contributed by atoms with Crippen molar-refractivity contribution in [1.82, 2.24) is 9.62 Å². The smallest absolute Gasteiger partial charge is 0.243 e. The van der Waals surface area contributed by atoms with Crippen LogP contribution in [0.25, 0.3) is 0 Å². The van der Waals surface area contributed by atoms with Gasteiger partial charge in [0.25, 0.3) is 0 Å². The maximum absolute atomic E-state index is 12.9. The van der Waals surface area contributed by atoms with E-state index in [0.29, 0.717) is 37.4 Å². The lowest BCUT2D eigenvalue weighted by Crippen LogP contribution is -2.53. The van der Waals surface area contributed by atoms with Crippen LogP contribution in [0.5, 0.6) is 11.5 Å². The molecule has 1 fully saturated rings. The molecule has 2 aromatic rings. The summed E-state index contributed by atoms with van der Waals surface area (Å²) < 4.78 is 33.0. The highest BCUT2D eigenvalue weighted by Gasteiger charge is 2.36. The Hall–Kier alpha value is -2.64. The fraction of sp³-hybridized carbons (Fsp3) is 0.286. The summed E-state index contributed by atoms with van der Waals surface area (Å²) in [5.74, 6) is 1.02. The van der Waals surface area contributed by atoms with Gasteiger partial charge in [-0.15, -0.1) is 0 Å². The summed E-state index contributed by atoms with van der Waals surface area (Å²) in [7, 11) is -3.59. The molecule has 148 valence electrons. The molecule has 1 N–H and O–H groups in total. The normalized spacial score (nSPS) is 16.9. The molecule has 1 saturated heterocycles. The third-order valence-corrected chi connectivity index (χ3v) is 6.79. The molecule has 1 aliphatic rings. The number of para-hydroxylation sites is 1. The fourth-order valence-corrected chi connectivity index (χ4v) is 4.59. The van der Waals surface area contributed by atoms with E-state index in [4.69, 9.17) is 4.74 Å². The van der Waals surface area contributed by atoms with E-state index in [1.54, 1.807) is 24.3 Å². The Morgan fingerprint density at radius 1 is 1.07 bits per heavy atom. The minimum Gasteiger partial charge on any atom is -0.457 e. The lowest BCUT2D eigenvalue weighted by Gasteiger charge is -2.39. The Morgan fingerprint density at radius 3 is 2.21 bits per heavy atom. The monoisotopic (exact) mass is 400 g/mol. The summed E-state index contributed by atoms with van der Waals surface area (Å²) in [5.41, 5.74) is -0.426. The molecule has 2 aromatic carbocycles. The molecule has 1 heterocycles. The number of ether oxygens (including phenoxy) is 1. The van der Waals surface area contributed by atoms with Crippen LogP contribution < -0.4 is 10.1 Å². The summed E-state index contributed by atoms with van der Waals surface area (Å²) in [6.45, 7) is 6.07. The largest absolute Gasteiger partial charge is 0.457 e. The zero-order valence-corrected chi connectivity index (χ0v) is 16.6. The molecule has 0 aliphatic carbocycles. The number of sulfonamides is 1.